The summed E-state index contributed by atoms with van der Waals surface area (Å²) in [6.07, 6.45) is 0. The first-order chi connectivity index (χ1) is 6.00. The molecule has 0 nitrogen and oxygen atoms in total. The first-order valence-electron chi connectivity index (χ1n) is 3.82. The molecule has 0 aromatic heterocycles. The van der Waals surface area contributed by atoms with Crippen LogP contribution in [0.3, 0.4) is 0 Å². The molecule has 13 heavy (non-hydrogen) atoms. The molecular weight excluding hydrogens is 317 g/mol. The van der Waals surface area contributed by atoms with Gasteiger partial charge in [0, 0.05) is 0 Å². The van der Waals surface area contributed by atoms with E-state index < -0.39 is 0 Å². The Morgan fingerprint density at radius 3 is 0.846 bits per heavy atom. The van der Waals surface area contributed by atoms with E-state index >= 15 is 0 Å². The van der Waals surface area contributed by atoms with Crippen LogP contribution >= 0.6 is 0 Å². The fourth-order valence-electron chi connectivity index (χ4n) is 0.684. The molecule has 0 spiro atoms. The predicted molar refractivity (Wildman–Crippen MR) is 50.6 cm³/mol. The molecule has 0 aliphatic rings. The summed E-state index contributed by atoms with van der Waals surface area (Å²) < 4.78 is 0. The smallest absolute Gasteiger partial charge is 0.184 e. The molecule has 0 N–H and O–H groups in total. The fourth-order valence-corrected chi connectivity index (χ4v) is 0.684. The molecule has 0 radical (unpaired) electrons. The molecule has 0 saturated heterocycles. The number of hydrogen-bond donors (Lipinski definition) is 0. The van der Waals surface area contributed by atoms with Gasteiger partial charge < -0.3 is 0 Å². The van der Waals surface area contributed by atoms with Crippen molar-refractivity contribution in [1.29, 1.82) is 0 Å². The van der Waals surface area contributed by atoms with E-state index in [1.807, 2.05) is 60.7 Å². The van der Waals surface area contributed by atoms with Crippen LogP contribution < -0.4 is 0 Å². The SMILES string of the molecule is [Yb+2].[c-]1ccccc1.[c-]1ccccc1. The molecule has 0 saturated carbocycles. The zero-order valence-corrected chi connectivity index (χ0v) is 8.76. The van der Waals surface area contributed by atoms with Gasteiger partial charge in [-0.15, -0.1) is 0 Å². The summed E-state index contributed by atoms with van der Waals surface area (Å²) >= 11 is 0. The fraction of sp³-hybridized carbons (Fsp3) is 0. The van der Waals surface area contributed by atoms with Crippen molar-refractivity contribution in [3.05, 3.63) is 72.8 Å². The first-order valence-corrected chi connectivity index (χ1v) is 3.82. The Bertz CT molecular complexity index is 181. The van der Waals surface area contributed by atoms with Crippen LogP contribution in [0.5, 0.6) is 0 Å². The maximum atomic E-state index is 2.89. The maximum Gasteiger partial charge on any atom is 2.00 e. The van der Waals surface area contributed by atoms with E-state index in [2.05, 4.69) is 12.1 Å². The first kappa shape index (κ1) is 13.0. The molecule has 0 heterocycles. The van der Waals surface area contributed by atoms with E-state index in [4.69, 9.17) is 0 Å². The third-order valence-corrected chi connectivity index (χ3v) is 1.21. The minimum absolute atomic E-state index is 0. The van der Waals surface area contributed by atoms with Gasteiger partial charge in [-0.3, -0.25) is 0 Å². The molecule has 0 unspecified atom stereocenters. The van der Waals surface area contributed by atoms with Gasteiger partial charge >= 0.3 is 46.9 Å². The van der Waals surface area contributed by atoms with Crippen LogP contribution in [0.25, 0.3) is 0 Å². The predicted octanol–water partition coefficient (Wildman–Crippen LogP) is 2.97. The van der Waals surface area contributed by atoms with Gasteiger partial charge in [-0.25, -0.2) is 0 Å². The molecule has 0 fully saturated rings. The summed E-state index contributed by atoms with van der Waals surface area (Å²) in [5.74, 6) is 0. The molecule has 0 atom stereocenters. The molecule has 0 amide bonds. The average molecular weight is 327 g/mol. The standard InChI is InChI=1S/2C6H5.Yb/c2*1-2-4-6-5-3-1;/h2*1-5H;/q2*-1;+2. The van der Waals surface area contributed by atoms with Crippen LogP contribution in [0, 0.1) is 59.1 Å². The number of hydrogen-bond acceptors (Lipinski definition) is 0. The van der Waals surface area contributed by atoms with Crippen molar-refractivity contribution in [1.82, 2.24) is 0 Å². The van der Waals surface area contributed by atoms with Gasteiger partial charge in [-0.1, -0.05) is 0 Å². The third kappa shape index (κ3) is 8.29. The van der Waals surface area contributed by atoms with Crippen LogP contribution in [-0.4, -0.2) is 0 Å². The van der Waals surface area contributed by atoms with Crippen LogP contribution in [0.2, 0.25) is 0 Å². The van der Waals surface area contributed by atoms with Crippen LogP contribution in [0.4, 0.5) is 0 Å². The van der Waals surface area contributed by atoms with E-state index in [0.29, 0.717) is 0 Å². The van der Waals surface area contributed by atoms with E-state index in [9.17, 15) is 0 Å². The monoisotopic (exact) mass is 328 g/mol. The van der Waals surface area contributed by atoms with Crippen molar-refractivity contribution in [2.45, 2.75) is 0 Å². The Kier molecular flexibility index (Phi) is 10.0. The molecule has 0 aliphatic carbocycles. The molecule has 1 heteroatoms. The quantitative estimate of drug-likeness (QED) is 0.653. The van der Waals surface area contributed by atoms with Gasteiger partial charge in [0.25, 0.3) is 0 Å². The van der Waals surface area contributed by atoms with Crippen molar-refractivity contribution >= 4 is 0 Å². The summed E-state index contributed by atoms with van der Waals surface area (Å²) in [5.41, 5.74) is 0. The van der Waals surface area contributed by atoms with Crippen LogP contribution in [0.15, 0.2) is 60.7 Å². The Balaban J connectivity index is 0.000000206. The second kappa shape index (κ2) is 10.0. The van der Waals surface area contributed by atoms with Crippen molar-refractivity contribution in [3.8, 4) is 0 Å². The van der Waals surface area contributed by atoms with E-state index in [1.54, 1.807) is 0 Å². The Morgan fingerprint density at radius 1 is 0.462 bits per heavy atom. The van der Waals surface area contributed by atoms with Crippen molar-refractivity contribution in [2.75, 3.05) is 0 Å². The zero-order valence-electron chi connectivity index (χ0n) is 7.04. The number of benzene rings is 2. The summed E-state index contributed by atoms with van der Waals surface area (Å²) in [5, 5.41) is 0. The van der Waals surface area contributed by atoms with Crippen LogP contribution in [0.1, 0.15) is 0 Å². The second-order valence-electron chi connectivity index (χ2n) is 2.15. The Labute approximate surface area is 118 Å². The third-order valence-electron chi connectivity index (χ3n) is 1.21. The summed E-state index contributed by atoms with van der Waals surface area (Å²) in [6.45, 7) is 0. The summed E-state index contributed by atoms with van der Waals surface area (Å²) in [6, 6.07) is 25.0. The summed E-state index contributed by atoms with van der Waals surface area (Å²) in [4.78, 5) is 0. The minimum atomic E-state index is 0. The molecular formula is C12H10Yb. The van der Waals surface area contributed by atoms with Gasteiger partial charge in [-0.2, -0.15) is 72.8 Å². The van der Waals surface area contributed by atoms with Gasteiger partial charge in [0.05, 0.1) is 0 Å². The number of rotatable bonds is 0. The Hall–Kier alpha value is -0.0405. The van der Waals surface area contributed by atoms with Gasteiger partial charge in [-0.05, 0) is 0 Å². The second-order valence-corrected chi connectivity index (χ2v) is 2.15. The van der Waals surface area contributed by atoms with Gasteiger partial charge in [0.2, 0.25) is 0 Å². The van der Waals surface area contributed by atoms with Crippen LogP contribution in [-0.2, 0) is 0 Å². The molecule has 72 valence electrons. The molecule has 0 aliphatic heterocycles. The topological polar surface area (TPSA) is 0 Å². The van der Waals surface area contributed by atoms with Crippen molar-refractivity contribution in [3.63, 3.8) is 0 Å². The summed E-state index contributed by atoms with van der Waals surface area (Å²) in [7, 11) is 0. The van der Waals surface area contributed by atoms with E-state index in [1.165, 1.54) is 0 Å². The molecule has 0 bridgehead atoms. The van der Waals surface area contributed by atoms with E-state index in [-0.39, 0.29) is 46.9 Å². The van der Waals surface area contributed by atoms with Gasteiger partial charge in [0.1, 0.15) is 0 Å². The minimum Gasteiger partial charge on any atom is -0.184 e. The molecule has 2 rings (SSSR count). The van der Waals surface area contributed by atoms with E-state index in [0.717, 1.165) is 0 Å². The normalized spacial score (nSPS) is 7.38. The van der Waals surface area contributed by atoms with Crippen molar-refractivity contribution < 1.29 is 46.9 Å². The zero-order chi connectivity index (χ0) is 8.49. The molecule has 2 aromatic rings. The molecule has 2 aromatic carbocycles. The largest absolute Gasteiger partial charge is 2.00 e. The van der Waals surface area contributed by atoms with Gasteiger partial charge in [0.15, 0.2) is 0 Å². The Morgan fingerprint density at radius 2 is 0.769 bits per heavy atom. The maximum absolute atomic E-state index is 2.89. The van der Waals surface area contributed by atoms with Crippen molar-refractivity contribution in [2.24, 2.45) is 0 Å². The average Bonchev–Trinajstić information content (AvgIpc) is 2.24.